The van der Waals surface area contributed by atoms with E-state index in [1.165, 1.54) is 0 Å². The average molecular weight is 241 g/mol. The molecule has 1 aromatic carbocycles. The Kier molecular flexibility index (Phi) is 2.41. The van der Waals surface area contributed by atoms with Crippen molar-refractivity contribution in [3.63, 3.8) is 0 Å². The van der Waals surface area contributed by atoms with Crippen LogP contribution in [0.3, 0.4) is 0 Å². The fourth-order valence-corrected chi connectivity index (χ4v) is 2.12. The summed E-state index contributed by atoms with van der Waals surface area (Å²) in [7, 11) is 0. The molecule has 0 amide bonds. The van der Waals surface area contributed by atoms with E-state index in [1.54, 1.807) is 10.9 Å². The van der Waals surface area contributed by atoms with Gasteiger partial charge < -0.3 is 10.7 Å². The number of aromatic amines is 1. The summed E-state index contributed by atoms with van der Waals surface area (Å²) >= 11 is 0. The van der Waals surface area contributed by atoms with Crippen LogP contribution in [0.25, 0.3) is 17.0 Å². The topological polar surface area (TPSA) is 72.5 Å². The Labute approximate surface area is 105 Å². The maximum atomic E-state index is 5.90. The summed E-state index contributed by atoms with van der Waals surface area (Å²) in [5.74, 6) is 0.723. The van der Waals surface area contributed by atoms with Crippen molar-refractivity contribution < 1.29 is 0 Å². The molecule has 2 heterocycles. The third-order valence-corrected chi connectivity index (χ3v) is 3.12. The third kappa shape index (κ3) is 1.60. The lowest BCUT2D eigenvalue weighted by atomic mass is 10.1. The zero-order chi connectivity index (χ0) is 12.7. The first-order valence-electron chi connectivity index (χ1n) is 5.92. The van der Waals surface area contributed by atoms with Gasteiger partial charge in [0.25, 0.3) is 0 Å². The molecule has 3 N–H and O–H groups in total. The Morgan fingerprint density at radius 2 is 2.11 bits per heavy atom. The molecule has 0 unspecified atom stereocenters. The van der Waals surface area contributed by atoms with Crippen molar-refractivity contribution in [3.05, 3.63) is 41.7 Å². The van der Waals surface area contributed by atoms with E-state index in [4.69, 9.17) is 5.73 Å². The third-order valence-electron chi connectivity index (χ3n) is 3.12. The van der Waals surface area contributed by atoms with Gasteiger partial charge in [-0.05, 0) is 26.0 Å². The molecule has 5 heteroatoms. The van der Waals surface area contributed by atoms with Gasteiger partial charge in [0.1, 0.15) is 0 Å². The van der Waals surface area contributed by atoms with Gasteiger partial charge in [0.15, 0.2) is 0 Å². The minimum absolute atomic E-state index is 0.0249. The zero-order valence-electron chi connectivity index (χ0n) is 10.4. The number of aromatic nitrogens is 4. The van der Waals surface area contributed by atoms with Crippen molar-refractivity contribution in [3.8, 4) is 5.95 Å². The minimum atomic E-state index is -0.0249. The van der Waals surface area contributed by atoms with Crippen LogP contribution in [0.1, 0.15) is 24.2 Å². The van der Waals surface area contributed by atoms with E-state index in [1.807, 2.05) is 38.1 Å². The number of nitrogens with two attached hydrogens (primary N) is 1. The number of imidazole rings is 1. The summed E-state index contributed by atoms with van der Waals surface area (Å²) < 4.78 is 1.79. The number of hydrogen-bond donors (Lipinski definition) is 2. The number of nitrogens with one attached hydrogen (secondary N) is 1. The van der Waals surface area contributed by atoms with Crippen LogP contribution in [-0.4, -0.2) is 19.7 Å². The molecule has 18 heavy (non-hydrogen) atoms. The second kappa shape index (κ2) is 3.96. The molecule has 0 radical (unpaired) electrons. The van der Waals surface area contributed by atoms with E-state index in [2.05, 4.69) is 15.1 Å². The molecule has 0 aliphatic heterocycles. The molecule has 0 fully saturated rings. The summed E-state index contributed by atoms with van der Waals surface area (Å²) in [6.07, 6.45) is 1.80. The van der Waals surface area contributed by atoms with Crippen molar-refractivity contribution in [2.45, 2.75) is 19.9 Å². The minimum Gasteiger partial charge on any atom is -0.324 e. The van der Waals surface area contributed by atoms with Crippen LogP contribution in [0.15, 0.2) is 30.5 Å². The van der Waals surface area contributed by atoms with Crippen LogP contribution < -0.4 is 5.73 Å². The first-order chi connectivity index (χ1) is 8.66. The highest BCUT2D eigenvalue weighted by Gasteiger charge is 2.13. The molecule has 3 aromatic rings. The maximum absolute atomic E-state index is 5.90. The van der Waals surface area contributed by atoms with Crippen molar-refractivity contribution in [1.82, 2.24) is 19.7 Å². The van der Waals surface area contributed by atoms with Gasteiger partial charge in [0, 0.05) is 17.3 Å². The van der Waals surface area contributed by atoms with Gasteiger partial charge in [-0.25, -0.2) is 9.67 Å². The molecular formula is C13H15N5. The first kappa shape index (κ1) is 11.0. The summed E-state index contributed by atoms with van der Waals surface area (Å²) in [6.45, 7) is 3.95. The number of para-hydroxylation sites is 2. The van der Waals surface area contributed by atoms with E-state index >= 15 is 0 Å². The van der Waals surface area contributed by atoms with Crippen molar-refractivity contribution >= 4 is 11.0 Å². The van der Waals surface area contributed by atoms with Gasteiger partial charge in [0.05, 0.1) is 17.2 Å². The number of H-pyrrole nitrogens is 1. The van der Waals surface area contributed by atoms with Crippen LogP contribution in [0.5, 0.6) is 0 Å². The fourth-order valence-electron chi connectivity index (χ4n) is 2.12. The normalized spacial score (nSPS) is 13.1. The second-order valence-electron chi connectivity index (χ2n) is 4.46. The van der Waals surface area contributed by atoms with Crippen molar-refractivity contribution in [2.24, 2.45) is 5.73 Å². The van der Waals surface area contributed by atoms with E-state index < -0.39 is 0 Å². The largest absolute Gasteiger partial charge is 0.324 e. The van der Waals surface area contributed by atoms with Crippen LogP contribution >= 0.6 is 0 Å². The van der Waals surface area contributed by atoms with Crippen LogP contribution in [0, 0.1) is 6.92 Å². The lowest BCUT2D eigenvalue weighted by molar-refractivity contribution is 0.778. The predicted octanol–water partition coefficient (Wildman–Crippen LogP) is 2.08. The van der Waals surface area contributed by atoms with E-state index in [9.17, 15) is 0 Å². The lowest BCUT2D eigenvalue weighted by Crippen LogP contribution is -2.07. The molecular weight excluding hydrogens is 226 g/mol. The Balaban J connectivity index is 2.14. The summed E-state index contributed by atoms with van der Waals surface area (Å²) in [5, 5.41) is 4.35. The van der Waals surface area contributed by atoms with Crippen LogP contribution in [-0.2, 0) is 0 Å². The van der Waals surface area contributed by atoms with Gasteiger partial charge in [-0.3, -0.25) is 0 Å². The van der Waals surface area contributed by atoms with Gasteiger partial charge in [-0.2, -0.15) is 5.10 Å². The molecule has 0 bridgehead atoms. The summed E-state index contributed by atoms with van der Waals surface area (Å²) in [4.78, 5) is 7.77. The standard InChI is InChI=1S/C13H15N5/c1-8(14)10-7-15-18(9(10)2)13-16-11-5-3-4-6-12(11)17-13/h3-8H,14H2,1-2H3,(H,16,17)/t8-/m1/s1. The first-order valence-corrected chi connectivity index (χ1v) is 5.92. The SMILES string of the molecule is Cc1c([C@@H](C)N)cnn1-c1nc2ccccc2[nH]1. The number of benzene rings is 1. The van der Waals surface area contributed by atoms with E-state index in [0.29, 0.717) is 0 Å². The van der Waals surface area contributed by atoms with Gasteiger partial charge >= 0.3 is 0 Å². The van der Waals surface area contributed by atoms with E-state index in [-0.39, 0.29) is 6.04 Å². The Morgan fingerprint density at radius 1 is 1.33 bits per heavy atom. The number of nitrogens with zero attached hydrogens (tertiary/aromatic N) is 3. The smallest absolute Gasteiger partial charge is 0.229 e. The van der Waals surface area contributed by atoms with Crippen molar-refractivity contribution in [1.29, 1.82) is 0 Å². The monoisotopic (exact) mass is 241 g/mol. The zero-order valence-corrected chi connectivity index (χ0v) is 10.4. The fraction of sp³-hybridized carbons (Fsp3) is 0.231. The highest BCUT2D eigenvalue weighted by Crippen LogP contribution is 2.19. The number of hydrogen-bond acceptors (Lipinski definition) is 3. The molecule has 0 aliphatic rings. The lowest BCUT2D eigenvalue weighted by Gasteiger charge is -2.04. The average Bonchev–Trinajstić information content (AvgIpc) is 2.91. The van der Waals surface area contributed by atoms with Gasteiger partial charge in [-0.15, -0.1) is 0 Å². The van der Waals surface area contributed by atoms with Gasteiger partial charge in [0.2, 0.25) is 5.95 Å². The molecule has 92 valence electrons. The quantitative estimate of drug-likeness (QED) is 0.721. The molecule has 1 atom stereocenters. The summed E-state index contributed by atoms with van der Waals surface area (Å²) in [5.41, 5.74) is 9.89. The van der Waals surface area contributed by atoms with E-state index in [0.717, 1.165) is 28.2 Å². The summed E-state index contributed by atoms with van der Waals surface area (Å²) in [6, 6.07) is 7.89. The Bertz CT molecular complexity index is 659. The Morgan fingerprint density at radius 3 is 2.78 bits per heavy atom. The number of rotatable bonds is 2. The predicted molar refractivity (Wildman–Crippen MR) is 70.6 cm³/mol. The van der Waals surface area contributed by atoms with Crippen LogP contribution in [0.4, 0.5) is 0 Å². The molecule has 0 aliphatic carbocycles. The molecule has 0 spiro atoms. The van der Waals surface area contributed by atoms with Crippen molar-refractivity contribution in [2.75, 3.05) is 0 Å². The molecule has 5 nitrogen and oxygen atoms in total. The van der Waals surface area contributed by atoms with Crippen LogP contribution in [0.2, 0.25) is 0 Å². The molecule has 3 rings (SSSR count). The molecule has 2 aromatic heterocycles. The highest BCUT2D eigenvalue weighted by atomic mass is 15.4. The van der Waals surface area contributed by atoms with Gasteiger partial charge in [-0.1, -0.05) is 12.1 Å². The second-order valence-corrected chi connectivity index (χ2v) is 4.46. The molecule has 0 saturated carbocycles. The maximum Gasteiger partial charge on any atom is 0.229 e. The number of fused-ring (bicyclic) bond motifs is 1. The highest BCUT2D eigenvalue weighted by molar-refractivity contribution is 5.75. The Hall–Kier alpha value is -2.14. The molecule has 0 saturated heterocycles.